The number of carbonyl (C=O) groups is 1. The van der Waals surface area contributed by atoms with Crippen LogP contribution in [0.1, 0.15) is 23.9 Å². The molecule has 0 saturated carbocycles. The molecule has 0 N–H and O–H groups in total. The average molecular weight is 329 g/mol. The van der Waals surface area contributed by atoms with Crippen LogP contribution in [0.2, 0.25) is 5.02 Å². The standard InChI is InChI=1S/C18H17ClN2O2/c1-4-23-18(22)15(11-20)10-14-9-12(2)21(13(14)3)17-8-6-5-7-16(17)19/h5-10H,4H2,1-3H3/b15-10+. The molecule has 0 aliphatic heterocycles. The van der Waals surface area contributed by atoms with Crippen LogP contribution in [-0.4, -0.2) is 17.1 Å². The number of benzene rings is 1. The Morgan fingerprint density at radius 3 is 2.70 bits per heavy atom. The molecule has 1 aromatic carbocycles. The van der Waals surface area contributed by atoms with Gasteiger partial charge in [-0.25, -0.2) is 4.79 Å². The van der Waals surface area contributed by atoms with Crippen molar-refractivity contribution in [3.05, 3.63) is 57.9 Å². The highest BCUT2D eigenvalue weighted by molar-refractivity contribution is 6.32. The Hall–Kier alpha value is -2.51. The van der Waals surface area contributed by atoms with Crippen molar-refractivity contribution >= 4 is 23.6 Å². The molecular formula is C18H17ClN2O2. The number of ether oxygens (including phenoxy) is 1. The number of hydrogen-bond acceptors (Lipinski definition) is 3. The fourth-order valence-electron chi connectivity index (χ4n) is 2.44. The fraction of sp³-hybridized carbons (Fsp3) is 0.222. The Kier molecular flexibility index (Phi) is 5.25. The zero-order valence-corrected chi connectivity index (χ0v) is 14.0. The predicted molar refractivity (Wildman–Crippen MR) is 90.5 cm³/mol. The van der Waals surface area contributed by atoms with E-state index in [1.807, 2.05) is 54.8 Å². The molecule has 0 saturated heterocycles. The summed E-state index contributed by atoms with van der Waals surface area (Å²) in [6.07, 6.45) is 1.55. The topological polar surface area (TPSA) is 55.0 Å². The summed E-state index contributed by atoms with van der Waals surface area (Å²) in [7, 11) is 0. The van der Waals surface area contributed by atoms with Crippen molar-refractivity contribution in [1.29, 1.82) is 5.26 Å². The number of aromatic nitrogens is 1. The zero-order chi connectivity index (χ0) is 17.0. The van der Waals surface area contributed by atoms with E-state index < -0.39 is 5.97 Å². The third-order valence-corrected chi connectivity index (χ3v) is 3.80. The number of carbonyl (C=O) groups excluding carboxylic acids is 1. The van der Waals surface area contributed by atoms with Crippen LogP contribution < -0.4 is 0 Å². The van der Waals surface area contributed by atoms with Crippen molar-refractivity contribution in [2.45, 2.75) is 20.8 Å². The second-order valence-electron chi connectivity index (χ2n) is 5.00. The fourth-order valence-corrected chi connectivity index (χ4v) is 2.66. The van der Waals surface area contributed by atoms with Crippen molar-refractivity contribution in [2.24, 2.45) is 0 Å². The van der Waals surface area contributed by atoms with Gasteiger partial charge in [0.1, 0.15) is 11.6 Å². The highest BCUT2D eigenvalue weighted by atomic mass is 35.5. The molecule has 0 amide bonds. The molecule has 0 fully saturated rings. The number of rotatable bonds is 4. The van der Waals surface area contributed by atoms with Gasteiger partial charge in [-0.05, 0) is 50.6 Å². The van der Waals surface area contributed by atoms with Gasteiger partial charge in [0, 0.05) is 11.4 Å². The quantitative estimate of drug-likeness (QED) is 0.479. The van der Waals surface area contributed by atoms with E-state index in [0.29, 0.717) is 5.02 Å². The average Bonchev–Trinajstić information content (AvgIpc) is 2.80. The lowest BCUT2D eigenvalue weighted by Crippen LogP contribution is -2.06. The lowest BCUT2D eigenvalue weighted by atomic mass is 10.1. The first-order valence-electron chi connectivity index (χ1n) is 7.22. The number of nitrogens with zero attached hydrogens (tertiary/aromatic N) is 2. The number of nitriles is 1. The van der Waals surface area contributed by atoms with Gasteiger partial charge in [0.2, 0.25) is 0 Å². The monoisotopic (exact) mass is 328 g/mol. The smallest absolute Gasteiger partial charge is 0.348 e. The van der Waals surface area contributed by atoms with Crippen LogP contribution >= 0.6 is 11.6 Å². The largest absolute Gasteiger partial charge is 0.462 e. The van der Waals surface area contributed by atoms with Crippen LogP contribution in [-0.2, 0) is 9.53 Å². The van der Waals surface area contributed by atoms with Gasteiger partial charge >= 0.3 is 5.97 Å². The zero-order valence-electron chi connectivity index (χ0n) is 13.3. The highest BCUT2D eigenvalue weighted by Gasteiger charge is 2.15. The summed E-state index contributed by atoms with van der Waals surface area (Å²) < 4.78 is 6.88. The van der Waals surface area contributed by atoms with Crippen molar-refractivity contribution in [1.82, 2.24) is 4.57 Å². The molecule has 0 spiro atoms. The maximum absolute atomic E-state index is 11.8. The van der Waals surface area contributed by atoms with Crippen LogP contribution in [0.5, 0.6) is 0 Å². The summed E-state index contributed by atoms with van der Waals surface area (Å²) in [4.78, 5) is 11.8. The highest BCUT2D eigenvalue weighted by Crippen LogP contribution is 2.27. The van der Waals surface area contributed by atoms with Crippen molar-refractivity contribution in [3.63, 3.8) is 0 Å². The van der Waals surface area contributed by atoms with Gasteiger partial charge < -0.3 is 9.30 Å². The Morgan fingerprint density at radius 1 is 1.39 bits per heavy atom. The minimum Gasteiger partial charge on any atom is -0.462 e. The minimum absolute atomic E-state index is 0.0220. The van der Waals surface area contributed by atoms with Crippen LogP contribution in [0.15, 0.2) is 35.9 Å². The molecule has 0 unspecified atom stereocenters. The Balaban J connectivity index is 2.52. The minimum atomic E-state index is -0.613. The summed E-state index contributed by atoms with van der Waals surface area (Å²) in [5.41, 5.74) is 3.48. The molecule has 5 heteroatoms. The molecule has 0 aliphatic carbocycles. The van der Waals surface area contributed by atoms with Gasteiger partial charge in [-0.15, -0.1) is 0 Å². The second kappa shape index (κ2) is 7.17. The van der Waals surface area contributed by atoms with Crippen molar-refractivity contribution in [3.8, 4) is 11.8 Å². The summed E-state index contributed by atoms with van der Waals surface area (Å²) in [6, 6.07) is 11.3. The molecule has 2 rings (SSSR count). The van der Waals surface area contributed by atoms with Gasteiger partial charge in [-0.1, -0.05) is 23.7 Å². The maximum atomic E-state index is 11.8. The lowest BCUT2D eigenvalue weighted by Gasteiger charge is -2.11. The molecule has 4 nitrogen and oxygen atoms in total. The summed E-state index contributed by atoms with van der Waals surface area (Å²) in [5.74, 6) is -0.613. The maximum Gasteiger partial charge on any atom is 0.348 e. The van der Waals surface area contributed by atoms with Crippen molar-refractivity contribution in [2.75, 3.05) is 6.61 Å². The van der Waals surface area contributed by atoms with E-state index in [4.69, 9.17) is 21.6 Å². The molecule has 0 bridgehead atoms. The second-order valence-corrected chi connectivity index (χ2v) is 5.41. The number of aryl methyl sites for hydroxylation is 1. The molecular weight excluding hydrogens is 312 g/mol. The Morgan fingerprint density at radius 2 is 2.09 bits per heavy atom. The first kappa shape index (κ1) is 16.9. The summed E-state index contributed by atoms with van der Waals surface area (Å²) in [6.45, 7) is 5.80. The van der Waals surface area contributed by atoms with Crippen LogP contribution in [0.3, 0.4) is 0 Å². The molecule has 0 radical (unpaired) electrons. The SMILES string of the molecule is CCOC(=O)/C(C#N)=C/c1cc(C)n(-c2ccccc2Cl)c1C. The summed E-state index contributed by atoms with van der Waals surface area (Å²) in [5, 5.41) is 9.80. The molecule has 0 atom stereocenters. The van der Waals surface area contributed by atoms with E-state index in [0.717, 1.165) is 22.6 Å². The number of hydrogen-bond donors (Lipinski definition) is 0. The van der Waals surface area contributed by atoms with E-state index in [-0.39, 0.29) is 12.2 Å². The predicted octanol–water partition coefficient (Wildman–Crippen LogP) is 4.22. The first-order valence-corrected chi connectivity index (χ1v) is 7.60. The van der Waals surface area contributed by atoms with Gasteiger partial charge in [-0.2, -0.15) is 5.26 Å². The third kappa shape index (κ3) is 3.46. The Labute approximate surface area is 140 Å². The lowest BCUT2D eigenvalue weighted by molar-refractivity contribution is -0.137. The van der Waals surface area contributed by atoms with Crippen LogP contribution in [0, 0.1) is 25.2 Å². The molecule has 23 heavy (non-hydrogen) atoms. The molecule has 0 aliphatic rings. The van der Waals surface area contributed by atoms with Gasteiger partial charge in [-0.3, -0.25) is 0 Å². The van der Waals surface area contributed by atoms with Crippen molar-refractivity contribution < 1.29 is 9.53 Å². The van der Waals surface area contributed by atoms with E-state index >= 15 is 0 Å². The van der Waals surface area contributed by atoms with E-state index in [9.17, 15) is 4.79 Å². The van der Waals surface area contributed by atoms with Crippen LogP contribution in [0.4, 0.5) is 0 Å². The van der Waals surface area contributed by atoms with Crippen LogP contribution in [0.25, 0.3) is 11.8 Å². The van der Waals surface area contributed by atoms with E-state index in [1.165, 1.54) is 0 Å². The van der Waals surface area contributed by atoms with Gasteiger partial charge in [0.15, 0.2) is 0 Å². The van der Waals surface area contributed by atoms with Gasteiger partial charge in [0.25, 0.3) is 0 Å². The number of para-hydroxylation sites is 1. The normalized spacial score (nSPS) is 11.2. The Bertz CT molecular complexity index is 813. The summed E-state index contributed by atoms with van der Waals surface area (Å²) >= 11 is 6.27. The first-order chi connectivity index (χ1) is 11.0. The van der Waals surface area contributed by atoms with E-state index in [1.54, 1.807) is 13.0 Å². The molecule has 1 aromatic heterocycles. The molecule has 1 heterocycles. The third-order valence-electron chi connectivity index (χ3n) is 3.48. The van der Waals surface area contributed by atoms with E-state index in [2.05, 4.69) is 0 Å². The number of esters is 1. The molecule has 2 aromatic rings. The number of halogens is 1. The van der Waals surface area contributed by atoms with Gasteiger partial charge in [0.05, 0.1) is 17.3 Å². The molecule has 118 valence electrons.